The zero-order valence-electron chi connectivity index (χ0n) is 10.5. The number of aromatic amines is 1. The fraction of sp³-hybridized carbons (Fsp3) is 0.429. The van der Waals surface area contributed by atoms with Gasteiger partial charge in [-0.3, -0.25) is 4.79 Å². The van der Waals surface area contributed by atoms with Crippen LogP contribution in [0.3, 0.4) is 0 Å². The van der Waals surface area contributed by atoms with E-state index in [1.54, 1.807) is 0 Å². The lowest BCUT2D eigenvalue weighted by Crippen LogP contribution is -2.41. The molecule has 0 amide bonds. The summed E-state index contributed by atoms with van der Waals surface area (Å²) in [4.78, 5) is 21.7. The van der Waals surface area contributed by atoms with Crippen molar-refractivity contribution in [3.8, 4) is 0 Å². The molecule has 1 aromatic heterocycles. The molecule has 0 spiro atoms. The van der Waals surface area contributed by atoms with Crippen LogP contribution in [0, 0.1) is 0 Å². The van der Waals surface area contributed by atoms with Gasteiger partial charge in [0.25, 0.3) is 5.56 Å². The fourth-order valence-corrected chi connectivity index (χ4v) is 2.63. The van der Waals surface area contributed by atoms with Crippen LogP contribution < -0.4 is 10.5 Å². The Morgan fingerprint density at radius 3 is 3.00 bits per heavy atom. The third kappa shape index (κ3) is 1.88. The molecule has 4 nitrogen and oxygen atoms in total. The van der Waals surface area contributed by atoms with Crippen molar-refractivity contribution in [1.82, 2.24) is 9.97 Å². The zero-order chi connectivity index (χ0) is 12.5. The Hall–Kier alpha value is -1.84. The molecule has 2 aromatic rings. The van der Waals surface area contributed by atoms with Crippen molar-refractivity contribution in [2.75, 3.05) is 11.4 Å². The van der Waals surface area contributed by atoms with E-state index in [-0.39, 0.29) is 5.56 Å². The first-order valence-corrected chi connectivity index (χ1v) is 6.51. The summed E-state index contributed by atoms with van der Waals surface area (Å²) in [5.74, 6) is 0.570. The molecule has 0 bridgehead atoms. The number of hydrogen-bond acceptors (Lipinski definition) is 3. The van der Waals surface area contributed by atoms with Gasteiger partial charge in [-0.1, -0.05) is 12.1 Å². The number of fused-ring (bicyclic) bond motifs is 1. The van der Waals surface area contributed by atoms with Gasteiger partial charge in [-0.2, -0.15) is 0 Å². The molecule has 1 saturated heterocycles. The molecule has 18 heavy (non-hydrogen) atoms. The summed E-state index contributed by atoms with van der Waals surface area (Å²) < 4.78 is 0. The average molecular weight is 243 g/mol. The number of nitrogens with one attached hydrogen (secondary N) is 1. The molecule has 0 aliphatic carbocycles. The minimum absolute atomic E-state index is 0.0811. The summed E-state index contributed by atoms with van der Waals surface area (Å²) in [5.41, 5.74) is 1.57. The van der Waals surface area contributed by atoms with E-state index in [1.165, 1.54) is 6.42 Å². The lowest BCUT2D eigenvalue weighted by molar-refractivity contribution is 0.480. The summed E-state index contributed by atoms with van der Waals surface area (Å²) in [5, 5.41) is 0. The SMILES string of the molecule is CC1CCCCN1c1nc2ccccc2[nH]c1=O. The molecule has 1 fully saturated rings. The second-order valence-corrected chi connectivity index (χ2v) is 4.94. The number of piperidine rings is 1. The lowest BCUT2D eigenvalue weighted by Gasteiger charge is -2.33. The number of aromatic nitrogens is 2. The van der Waals surface area contributed by atoms with Crippen LogP contribution in [0.25, 0.3) is 11.0 Å². The van der Waals surface area contributed by atoms with E-state index in [2.05, 4.69) is 21.8 Å². The Labute approximate surface area is 106 Å². The van der Waals surface area contributed by atoms with Crippen LogP contribution in [0.1, 0.15) is 26.2 Å². The molecule has 1 aliphatic heterocycles. The minimum Gasteiger partial charge on any atom is -0.349 e. The monoisotopic (exact) mass is 243 g/mol. The Bertz CT molecular complexity index is 620. The van der Waals surface area contributed by atoms with E-state index in [0.29, 0.717) is 11.9 Å². The summed E-state index contributed by atoms with van der Waals surface area (Å²) in [6, 6.07) is 8.06. The van der Waals surface area contributed by atoms with Gasteiger partial charge < -0.3 is 9.88 Å². The average Bonchev–Trinajstić information content (AvgIpc) is 2.39. The first kappa shape index (κ1) is 11.3. The Morgan fingerprint density at radius 1 is 1.33 bits per heavy atom. The van der Waals surface area contributed by atoms with Crippen molar-refractivity contribution in [1.29, 1.82) is 0 Å². The maximum absolute atomic E-state index is 12.1. The van der Waals surface area contributed by atoms with E-state index < -0.39 is 0 Å². The van der Waals surface area contributed by atoms with Crippen molar-refractivity contribution < 1.29 is 0 Å². The maximum atomic E-state index is 12.1. The molecule has 3 rings (SSSR count). The highest BCUT2D eigenvalue weighted by Gasteiger charge is 2.22. The summed E-state index contributed by atoms with van der Waals surface area (Å²) in [6.07, 6.45) is 3.51. The van der Waals surface area contributed by atoms with Gasteiger partial charge >= 0.3 is 0 Å². The first-order chi connectivity index (χ1) is 8.75. The zero-order valence-corrected chi connectivity index (χ0v) is 10.5. The Balaban J connectivity index is 2.10. The lowest BCUT2D eigenvalue weighted by atomic mass is 10.0. The maximum Gasteiger partial charge on any atom is 0.291 e. The summed E-state index contributed by atoms with van der Waals surface area (Å²) in [6.45, 7) is 3.09. The molecular formula is C14H17N3O. The number of benzene rings is 1. The van der Waals surface area contributed by atoms with E-state index >= 15 is 0 Å². The highest BCUT2D eigenvalue weighted by atomic mass is 16.1. The van der Waals surface area contributed by atoms with Crippen LogP contribution >= 0.6 is 0 Å². The molecule has 0 radical (unpaired) electrons. The van der Waals surface area contributed by atoms with Gasteiger partial charge in [-0.15, -0.1) is 0 Å². The fourth-order valence-electron chi connectivity index (χ4n) is 2.63. The summed E-state index contributed by atoms with van der Waals surface area (Å²) in [7, 11) is 0. The van der Waals surface area contributed by atoms with E-state index in [0.717, 1.165) is 30.4 Å². The highest BCUT2D eigenvalue weighted by Crippen LogP contribution is 2.21. The molecular weight excluding hydrogens is 226 g/mol. The molecule has 1 aromatic carbocycles. The minimum atomic E-state index is -0.0811. The van der Waals surface area contributed by atoms with Gasteiger partial charge in [0.2, 0.25) is 0 Å². The molecule has 1 aliphatic rings. The Morgan fingerprint density at radius 2 is 2.17 bits per heavy atom. The topological polar surface area (TPSA) is 49.0 Å². The molecule has 1 N–H and O–H groups in total. The van der Waals surface area contributed by atoms with Gasteiger partial charge in [0, 0.05) is 12.6 Å². The van der Waals surface area contributed by atoms with Gasteiger partial charge in [0.1, 0.15) is 0 Å². The van der Waals surface area contributed by atoms with E-state index in [9.17, 15) is 4.79 Å². The third-order valence-corrected chi connectivity index (χ3v) is 3.66. The van der Waals surface area contributed by atoms with Crippen LogP contribution in [-0.4, -0.2) is 22.6 Å². The van der Waals surface area contributed by atoms with Crippen molar-refractivity contribution >= 4 is 16.9 Å². The predicted molar refractivity (Wildman–Crippen MR) is 73.0 cm³/mol. The highest BCUT2D eigenvalue weighted by molar-refractivity contribution is 5.75. The largest absolute Gasteiger partial charge is 0.349 e. The van der Waals surface area contributed by atoms with Crippen molar-refractivity contribution in [2.24, 2.45) is 0 Å². The van der Waals surface area contributed by atoms with Crippen molar-refractivity contribution in [2.45, 2.75) is 32.2 Å². The number of para-hydroxylation sites is 2. The molecule has 2 heterocycles. The number of anilines is 1. The van der Waals surface area contributed by atoms with Crippen LogP contribution in [0.2, 0.25) is 0 Å². The molecule has 1 unspecified atom stereocenters. The van der Waals surface area contributed by atoms with Crippen LogP contribution in [0.15, 0.2) is 29.1 Å². The smallest absolute Gasteiger partial charge is 0.291 e. The Kier molecular flexibility index (Phi) is 2.78. The van der Waals surface area contributed by atoms with Gasteiger partial charge in [-0.05, 0) is 38.3 Å². The number of rotatable bonds is 1. The summed E-state index contributed by atoms with van der Waals surface area (Å²) >= 11 is 0. The second-order valence-electron chi connectivity index (χ2n) is 4.94. The number of nitrogens with zero attached hydrogens (tertiary/aromatic N) is 2. The van der Waals surface area contributed by atoms with Crippen LogP contribution in [-0.2, 0) is 0 Å². The van der Waals surface area contributed by atoms with E-state index in [4.69, 9.17) is 0 Å². The molecule has 4 heteroatoms. The molecule has 94 valence electrons. The molecule has 0 saturated carbocycles. The quantitative estimate of drug-likeness (QED) is 0.836. The van der Waals surface area contributed by atoms with Gasteiger partial charge in [-0.25, -0.2) is 4.98 Å². The van der Waals surface area contributed by atoms with Crippen molar-refractivity contribution in [3.63, 3.8) is 0 Å². The van der Waals surface area contributed by atoms with Crippen LogP contribution in [0.5, 0.6) is 0 Å². The third-order valence-electron chi connectivity index (χ3n) is 3.66. The van der Waals surface area contributed by atoms with Crippen molar-refractivity contribution in [3.05, 3.63) is 34.6 Å². The van der Waals surface area contributed by atoms with Crippen LogP contribution in [0.4, 0.5) is 5.82 Å². The van der Waals surface area contributed by atoms with Gasteiger partial charge in [0.05, 0.1) is 11.0 Å². The standard InChI is InChI=1S/C14H17N3O/c1-10-6-4-5-9-17(10)13-14(18)16-12-8-3-2-7-11(12)15-13/h2-3,7-8,10H,4-6,9H2,1H3,(H,16,18). The van der Waals surface area contributed by atoms with E-state index in [1.807, 2.05) is 24.3 Å². The molecule has 1 atom stereocenters. The first-order valence-electron chi connectivity index (χ1n) is 6.51. The second kappa shape index (κ2) is 4.44. The normalized spacial score (nSPS) is 20.3. The number of hydrogen-bond donors (Lipinski definition) is 1. The number of H-pyrrole nitrogens is 1. The predicted octanol–water partition coefficient (Wildman–Crippen LogP) is 2.30. The van der Waals surface area contributed by atoms with Gasteiger partial charge in [0.15, 0.2) is 5.82 Å².